The molecule has 0 saturated carbocycles. The smallest absolute Gasteiger partial charge is 0.385 e. The number of alkyl halides is 3. The first-order valence-corrected chi connectivity index (χ1v) is 6.10. The lowest BCUT2D eigenvalue weighted by molar-refractivity contribution is -0.137. The van der Waals surface area contributed by atoms with Gasteiger partial charge in [0.15, 0.2) is 0 Å². The number of morpholine rings is 1. The topological polar surface area (TPSA) is 75.2 Å². The van der Waals surface area contributed by atoms with Crippen LogP contribution in [-0.4, -0.2) is 36.6 Å². The zero-order valence-electron chi connectivity index (χ0n) is 10.2. The van der Waals surface area contributed by atoms with Crippen molar-refractivity contribution in [2.45, 2.75) is 12.3 Å². The summed E-state index contributed by atoms with van der Waals surface area (Å²) in [6.45, 7) is 0.943. The van der Waals surface area contributed by atoms with Crippen LogP contribution in [0.4, 0.5) is 19.0 Å². The molecule has 1 aliphatic rings. The number of rotatable bonds is 2. The SMILES string of the molecule is N=C(N)C1CN(c2ncc(C(F)(F)F)cc2Cl)CCO1. The van der Waals surface area contributed by atoms with Crippen molar-refractivity contribution < 1.29 is 17.9 Å². The maximum atomic E-state index is 12.5. The molecular formula is C11H12ClF3N4O. The lowest BCUT2D eigenvalue weighted by Crippen LogP contribution is -2.48. The van der Waals surface area contributed by atoms with Gasteiger partial charge in [0.25, 0.3) is 0 Å². The first-order valence-electron chi connectivity index (χ1n) is 5.72. The summed E-state index contributed by atoms with van der Waals surface area (Å²) in [5, 5.41) is 7.24. The van der Waals surface area contributed by atoms with E-state index in [9.17, 15) is 13.2 Å². The lowest BCUT2D eigenvalue weighted by atomic mass is 10.2. The van der Waals surface area contributed by atoms with Crippen LogP contribution < -0.4 is 10.6 Å². The Balaban J connectivity index is 2.23. The highest BCUT2D eigenvalue weighted by Gasteiger charge is 2.32. The molecule has 3 N–H and O–H groups in total. The maximum absolute atomic E-state index is 12.5. The highest BCUT2D eigenvalue weighted by molar-refractivity contribution is 6.33. The van der Waals surface area contributed by atoms with Crippen LogP contribution >= 0.6 is 11.6 Å². The summed E-state index contributed by atoms with van der Waals surface area (Å²) < 4.78 is 42.9. The van der Waals surface area contributed by atoms with Crippen molar-refractivity contribution in [1.29, 1.82) is 5.41 Å². The lowest BCUT2D eigenvalue weighted by Gasteiger charge is -2.33. The van der Waals surface area contributed by atoms with Gasteiger partial charge in [-0.3, -0.25) is 5.41 Å². The van der Waals surface area contributed by atoms with Crippen molar-refractivity contribution in [1.82, 2.24) is 4.98 Å². The molecule has 1 aromatic heterocycles. The molecule has 9 heteroatoms. The number of ether oxygens (including phenoxy) is 1. The van der Waals surface area contributed by atoms with Crippen LogP contribution in [0.2, 0.25) is 5.02 Å². The fourth-order valence-corrected chi connectivity index (χ4v) is 2.13. The molecule has 1 atom stereocenters. The number of anilines is 1. The minimum absolute atomic E-state index is 0.0935. The van der Waals surface area contributed by atoms with Gasteiger partial charge in [-0.05, 0) is 6.07 Å². The molecular weight excluding hydrogens is 297 g/mol. The van der Waals surface area contributed by atoms with Gasteiger partial charge in [-0.15, -0.1) is 0 Å². The number of aromatic nitrogens is 1. The number of pyridine rings is 1. The summed E-state index contributed by atoms with van der Waals surface area (Å²) >= 11 is 5.87. The number of nitrogens with zero attached hydrogens (tertiary/aromatic N) is 2. The van der Waals surface area contributed by atoms with E-state index in [1.165, 1.54) is 0 Å². The van der Waals surface area contributed by atoms with Crippen molar-refractivity contribution in [2.75, 3.05) is 24.6 Å². The fraction of sp³-hybridized carbons (Fsp3) is 0.455. The van der Waals surface area contributed by atoms with Gasteiger partial charge in [0.2, 0.25) is 0 Å². The molecule has 0 bridgehead atoms. The monoisotopic (exact) mass is 308 g/mol. The normalized spacial score (nSPS) is 20.0. The van der Waals surface area contributed by atoms with Crippen LogP contribution in [0.5, 0.6) is 0 Å². The van der Waals surface area contributed by atoms with Crippen LogP contribution in [-0.2, 0) is 10.9 Å². The van der Waals surface area contributed by atoms with Gasteiger partial charge >= 0.3 is 6.18 Å². The maximum Gasteiger partial charge on any atom is 0.417 e. The molecule has 0 aromatic carbocycles. The molecule has 1 aliphatic heterocycles. The summed E-state index contributed by atoms with van der Waals surface area (Å²) in [5.74, 6) is 0.0898. The van der Waals surface area contributed by atoms with Crippen LogP contribution in [0.25, 0.3) is 0 Å². The fourth-order valence-electron chi connectivity index (χ4n) is 1.85. The zero-order valence-corrected chi connectivity index (χ0v) is 11.0. The molecule has 1 aromatic rings. The minimum Gasteiger partial charge on any atom is -0.385 e. The van der Waals surface area contributed by atoms with Crippen molar-refractivity contribution in [3.8, 4) is 0 Å². The predicted molar refractivity (Wildman–Crippen MR) is 68.1 cm³/mol. The molecule has 5 nitrogen and oxygen atoms in total. The van der Waals surface area contributed by atoms with Gasteiger partial charge in [0, 0.05) is 12.7 Å². The standard InChI is InChI=1S/C11H12ClF3N4O/c12-7-3-6(11(13,14)15)4-18-10(7)19-1-2-20-8(5-19)9(16)17/h3-4,8H,1-2,5H2,(H3,16,17). The second-order valence-electron chi connectivity index (χ2n) is 4.29. The number of hydrogen-bond donors (Lipinski definition) is 2. The molecule has 0 spiro atoms. The van der Waals surface area contributed by atoms with Crippen molar-refractivity contribution >= 4 is 23.3 Å². The predicted octanol–water partition coefficient (Wildman–Crippen LogP) is 1.89. The Bertz CT molecular complexity index is 523. The van der Waals surface area contributed by atoms with Gasteiger partial charge in [-0.1, -0.05) is 11.6 Å². The summed E-state index contributed by atoms with van der Waals surface area (Å²) in [5.41, 5.74) is 4.46. The molecule has 110 valence electrons. The minimum atomic E-state index is -4.48. The summed E-state index contributed by atoms with van der Waals surface area (Å²) in [4.78, 5) is 5.42. The summed E-state index contributed by atoms with van der Waals surface area (Å²) in [6, 6.07) is 0.835. The van der Waals surface area contributed by atoms with Crippen LogP contribution in [0.15, 0.2) is 12.3 Å². The van der Waals surface area contributed by atoms with E-state index in [1.807, 2.05) is 0 Å². The first kappa shape index (κ1) is 14.9. The molecule has 0 amide bonds. The van der Waals surface area contributed by atoms with E-state index < -0.39 is 17.8 Å². The highest BCUT2D eigenvalue weighted by Crippen LogP contribution is 2.33. The molecule has 0 aliphatic carbocycles. The Morgan fingerprint density at radius 1 is 1.55 bits per heavy atom. The van der Waals surface area contributed by atoms with E-state index in [0.717, 1.165) is 12.3 Å². The zero-order chi connectivity index (χ0) is 14.9. The van der Waals surface area contributed by atoms with Gasteiger partial charge in [-0.25, -0.2) is 4.98 Å². The van der Waals surface area contributed by atoms with Crippen molar-refractivity contribution in [2.24, 2.45) is 5.73 Å². The van der Waals surface area contributed by atoms with E-state index in [1.54, 1.807) is 4.90 Å². The Hall–Kier alpha value is -1.54. The average Bonchev–Trinajstić information content (AvgIpc) is 2.37. The third kappa shape index (κ3) is 3.13. The second kappa shape index (κ2) is 5.45. The van der Waals surface area contributed by atoms with Crippen LogP contribution in [0.3, 0.4) is 0 Å². The number of amidine groups is 1. The van der Waals surface area contributed by atoms with Gasteiger partial charge in [-0.2, -0.15) is 13.2 Å². The van der Waals surface area contributed by atoms with Crippen LogP contribution in [0, 0.1) is 5.41 Å². The van der Waals surface area contributed by atoms with E-state index >= 15 is 0 Å². The molecule has 2 heterocycles. The number of hydrogen-bond acceptors (Lipinski definition) is 4. The van der Waals surface area contributed by atoms with Gasteiger partial charge in [0.05, 0.1) is 23.7 Å². The first-order chi connectivity index (χ1) is 9.29. The van der Waals surface area contributed by atoms with Gasteiger partial charge in [0.1, 0.15) is 17.8 Å². The Labute approximate surface area is 118 Å². The van der Waals surface area contributed by atoms with Gasteiger partial charge < -0.3 is 15.4 Å². The Morgan fingerprint density at radius 3 is 2.80 bits per heavy atom. The summed E-state index contributed by atoms with van der Waals surface area (Å²) in [7, 11) is 0. The summed E-state index contributed by atoms with van der Waals surface area (Å²) in [6.07, 6.45) is -4.36. The molecule has 0 radical (unpaired) electrons. The second-order valence-corrected chi connectivity index (χ2v) is 4.70. The van der Waals surface area contributed by atoms with E-state index in [-0.39, 0.29) is 23.2 Å². The van der Waals surface area contributed by atoms with E-state index in [2.05, 4.69) is 4.98 Å². The highest BCUT2D eigenvalue weighted by atomic mass is 35.5. The van der Waals surface area contributed by atoms with E-state index in [4.69, 9.17) is 27.5 Å². The molecule has 1 fully saturated rings. The molecule has 2 rings (SSSR count). The Morgan fingerprint density at radius 2 is 2.25 bits per heavy atom. The van der Waals surface area contributed by atoms with Crippen molar-refractivity contribution in [3.63, 3.8) is 0 Å². The quantitative estimate of drug-likeness (QED) is 0.646. The van der Waals surface area contributed by atoms with E-state index in [0.29, 0.717) is 13.2 Å². The third-order valence-corrected chi connectivity index (χ3v) is 3.14. The number of nitrogens with one attached hydrogen (secondary N) is 1. The molecule has 1 unspecified atom stereocenters. The number of nitrogens with two attached hydrogens (primary N) is 1. The number of halogens is 4. The largest absolute Gasteiger partial charge is 0.417 e. The van der Waals surface area contributed by atoms with Crippen molar-refractivity contribution in [3.05, 3.63) is 22.8 Å². The molecule has 20 heavy (non-hydrogen) atoms. The Kier molecular flexibility index (Phi) is 4.05. The third-order valence-electron chi connectivity index (χ3n) is 2.86. The average molecular weight is 309 g/mol. The molecule has 1 saturated heterocycles. The van der Waals surface area contributed by atoms with Crippen LogP contribution in [0.1, 0.15) is 5.56 Å².